The van der Waals surface area contributed by atoms with Crippen LogP contribution in [-0.2, 0) is 4.79 Å². The van der Waals surface area contributed by atoms with Crippen LogP contribution in [0.15, 0.2) is 23.4 Å². The molecule has 5 nitrogen and oxygen atoms in total. The van der Waals surface area contributed by atoms with Crippen molar-refractivity contribution in [3.63, 3.8) is 0 Å². The minimum absolute atomic E-state index is 0.179. The number of nitrogens with zero attached hydrogens (tertiary/aromatic N) is 2. The van der Waals surface area contributed by atoms with Gasteiger partial charge in [0.25, 0.3) is 0 Å². The second-order valence-corrected chi connectivity index (χ2v) is 6.44. The van der Waals surface area contributed by atoms with E-state index in [4.69, 9.17) is 23.2 Å². The summed E-state index contributed by atoms with van der Waals surface area (Å²) in [6.45, 7) is 0. The molecule has 0 atom stereocenters. The minimum atomic E-state index is -0.179. The van der Waals surface area contributed by atoms with Crippen molar-refractivity contribution in [3.8, 4) is 0 Å². The van der Waals surface area contributed by atoms with Crippen LogP contribution in [0.3, 0.4) is 0 Å². The lowest BCUT2D eigenvalue weighted by atomic mass is 10.3. The first-order valence-electron chi connectivity index (χ1n) is 6.42. The lowest BCUT2D eigenvalue weighted by Crippen LogP contribution is -2.14. The fraction of sp³-hybridized carbons (Fsp3) is 0.308. The Morgan fingerprint density at radius 1 is 1.43 bits per heavy atom. The van der Waals surface area contributed by atoms with Crippen molar-refractivity contribution in [1.82, 2.24) is 15.2 Å². The van der Waals surface area contributed by atoms with Gasteiger partial charge in [0.15, 0.2) is 0 Å². The number of H-pyrrole nitrogens is 1. The molecule has 1 fully saturated rings. The van der Waals surface area contributed by atoms with Crippen LogP contribution < -0.4 is 5.32 Å². The molecule has 0 bridgehead atoms. The zero-order chi connectivity index (χ0) is 14.8. The van der Waals surface area contributed by atoms with Gasteiger partial charge in [0.05, 0.1) is 21.5 Å². The van der Waals surface area contributed by atoms with E-state index in [0.717, 1.165) is 18.7 Å². The second-order valence-electron chi connectivity index (χ2n) is 4.72. The fourth-order valence-corrected chi connectivity index (χ4v) is 2.73. The van der Waals surface area contributed by atoms with E-state index in [1.165, 1.54) is 11.8 Å². The molecule has 110 valence electrons. The number of aromatic nitrogens is 3. The van der Waals surface area contributed by atoms with Gasteiger partial charge in [0, 0.05) is 5.92 Å². The van der Waals surface area contributed by atoms with Gasteiger partial charge in [0.1, 0.15) is 5.82 Å². The maximum absolute atomic E-state index is 11.9. The van der Waals surface area contributed by atoms with Gasteiger partial charge in [-0.3, -0.25) is 9.89 Å². The fourth-order valence-electron chi connectivity index (χ4n) is 1.78. The van der Waals surface area contributed by atoms with E-state index in [0.29, 0.717) is 26.8 Å². The first-order chi connectivity index (χ1) is 10.1. The van der Waals surface area contributed by atoms with Crippen LogP contribution in [0.2, 0.25) is 10.0 Å². The highest BCUT2D eigenvalue weighted by atomic mass is 35.5. The molecule has 1 heterocycles. The number of thioether (sulfide) groups is 1. The Labute approximate surface area is 135 Å². The average molecular weight is 343 g/mol. The standard InChI is InChI=1S/C13H12Cl2N4OS/c14-8-2-1-3-9(11(8)15)16-10(20)6-21-13-17-12(18-19-13)7-4-5-7/h1-3,7H,4-6H2,(H,16,20)(H,17,18,19). The molecule has 2 aromatic rings. The summed E-state index contributed by atoms with van der Waals surface area (Å²) in [4.78, 5) is 16.3. The molecule has 3 rings (SSSR count). The quantitative estimate of drug-likeness (QED) is 0.812. The topological polar surface area (TPSA) is 70.7 Å². The average Bonchev–Trinajstić information content (AvgIpc) is 3.21. The molecule has 0 aliphatic heterocycles. The Balaban J connectivity index is 1.54. The lowest BCUT2D eigenvalue weighted by molar-refractivity contribution is -0.113. The van der Waals surface area contributed by atoms with Gasteiger partial charge in [-0.25, -0.2) is 4.98 Å². The number of rotatable bonds is 5. The number of amides is 1. The monoisotopic (exact) mass is 342 g/mol. The van der Waals surface area contributed by atoms with Gasteiger partial charge in [-0.05, 0) is 25.0 Å². The first-order valence-corrected chi connectivity index (χ1v) is 8.16. The summed E-state index contributed by atoms with van der Waals surface area (Å²) in [5.74, 6) is 1.47. The van der Waals surface area contributed by atoms with Crippen molar-refractivity contribution >= 4 is 46.6 Å². The molecule has 8 heteroatoms. The maximum atomic E-state index is 11.9. The van der Waals surface area contributed by atoms with Crippen LogP contribution in [0.5, 0.6) is 0 Å². The molecule has 1 aliphatic carbocycles. The smallest absolute Gasteiger partial charge is 0.234 e. The summed E-state index contributed by atoms with van der Waals surface area (Å²) < 4.78 is 0. The molecule has 0 radical (unpaired) electrons. The third kappa shape index (κ3) is 3.70. The van der Waals surface area contributed by atoms with Crippen molar-refractivity contribution < 1.29 is 4.79 Å². The van der Waals surface area contributed by atoms with Crippen LogP contribution >= 0.6 is 35.0 Å². The summed E-state index contributed by atoms with van der Waals surface area (Å²) in [5, 5.41) is 11.0. The first kappa shape index (κ1) is 14.7. The zero-order valence-corrected chi connectivity index (χ0v) is 13.2. The van der Waals surface area contributed by atoms with Crippen molar-refractivity contribution in [2.24, 2.45) is 0 Å². The van der Waals surface area contributed by atoms with E-state index in [9.17, 15) is 4.79 Å². The molecular formula is C13H12Cl2N4OS. The van der Waals surface area contributed by atoms with Gasteiger partial charge in [-0.15, -0.1) is 5.10 Å². The summed E-state index contributed by atoms with van der Waals surface area (Å²) in [6.07, 6.45) is 2.32. The Kier molecular flexibility index (Phi) is 4.37. The third-order valence-electron chi connectivity index (χ3n) is 3.00. The number of hydrogen-bond donors (Lipinski definition) is 2. The normalized spacial score (nSPS) is 14.2. The number of aromatic amines is 1. The summed E-state index contributed by atoms with van der Waals surface area (Å²) in [7, 11) is 0. The van der Waals surface area contributed by atoms with E-state index in [1.54, 1.807) is 18.2 Å². The largest absolute Gasteiger partial charge is 0.324 e. The Morgan fingerprint density at radius 3 is 3.00 bits per heavy atom. The van der Waals surface area contributed by atoms with Crippen molar-refractivity contribution in [1.29, 1.82) is 0 Å². The molecule has 0 saturated heterocycles. The predicted octanol–water partition coefficient (Wildman–Crippen LogP) is 3.72. The number of carbonyl (C=O) groups is 1. The summed E-state index contributed by atoms with van der Waals surface area (Å²) >= 11 is 13.2. The molecule has 2 N–H and O–H groups in total. The van der Waals surface area contributed by atoms with Crippen molar-refractivity contribution in [2.45, 2.75) is 23.9 Å². The number of hydrogen-bond acceptors (Lipinski definition) is 4. The Bertz CT molecular complexity index is 672. The lowest BCUT2D eigenvalue weighted by Gasteiger charge is -2.07. The molecule has 0 spiro atoms. The maximum Gasteiger partial charge on any atom is 0.234 e. The van der Waals surface area contributed by atoms with Gasteiger partial charge in [0.2, 0.25) is 11.1 Å². The second kappa shape index (κ2) is 6.25. The van der Waals surface area contributed by atoms with Crippen LogP contribution in [0, 0.1) is 0 Å². The Hall–Kier alpha value is -1.24. The predicted molar refractivity (Wildman–Crippen MR) is 84.2 cm³/mol. The van der Waals surface area contributed by atoms with Gasteiger partial charge < -0.3 is 5.32 Å². The number of anilines is 1. The van der Waals surface area contributed by atoms with Crippen LogP contribution in [-0.4, -0.2) is 26.8 Å². The van der Waals surface area contributed by atoms with Crippen molar-refractivity contribution in [2.75, 3.05) is 11.1 Å². The van der Waals surface area contributed by atoms with E-state index in [1.807, 2.05) is 0 Å². The molecule has 1 saturated carbocycles. The number of carbonyl (C=O) groups excluding carboxylic acids is 1. The zero-order valence-electron chi connectivity index (χ0n) is 10.9. The minimum Gasteiger partial charge on any atom is -0.324 e. The summed E-state index contributed by atoms with van der Waals surface area (Å²) in [5.41, 5.74) is 0.503. The molecular weight excluding hydrogens is 331 g/mol. The highest BCUT2D eigenvalue weighted by Gasteiger charge is 2.27. The molecule has 1 aromatic carbocycles. The van der Waals surface area contributed by atoms with E-state index >= 15 is 0 Å². The third-order valence-corrected chi connectivity index (χ3v) is 4.67. The highest BCUT2D eigenvalue weighted by Crippen LogP contribution is 2.38. The van der Waals surface area contributed by atoms with Gasteiger partial charge in [-0.2, -0.15) is 0 Å². The van der Waals surface area contributed by atoms with Crippen molar-refractivity contribution in [3.05, 3.63) is 34.1 Å². The van der Waals surface area contributed by atoms with Gasteiger partial charge in [-0.1, -0.05) is 41.0 Å². The Morgan fingerprint density at radius 2 is 2.24 bits per heavy atom. The van der Waals surface area contributed by atoms with Gasteiger partial charge >= 0.3 is 0 Å². The van der Waals surface area contributed by atoms with E-state index in [2.05, 4.69) is 20.5 Å². The number of halogens is 2. The van der Waals surface area contributed by atoms with Crippen LogP contribution in [0.4, 0.5) is 5.69 Å². The van der Waals surface area contributed by atoms with E-state index in [-0.39, 0.29) is 11.7 Å². The molecule has 1 aliphatic rings. The molecule has 21 heavy (non-hydrogen) atoms. The number of nitrogens with one attached hydrogen (secondary N) is 2. The molecule has 1 amide bonds. The molecule has 0 unspecified atom stereocenters. The summed E-state index contributed by atoms with van der Waals surface area (Å²) in [6, 6.07) is 5.10. The number of benzene rings is 1. The van der Waals surface area contributed by atoms with Crippen LogP contribution in [0.25, 0.3) is 0 Å². The molecule has 1 aromatic heterocycles. The van der Waals surface area contributed by atoms with E-state index < -0.39 is 0 Å². The van der Waals surface area contributed by atoms with Crippen LogP contribution in [0.1, 0.15) is 24.6 Å². The SMILES string of the molecule is O=C(CSc1n[nH]c(C2CC2)n1)Nc1cccc(Cl)c1Cl. The highest BCUT2D eigenvalue weighted by molar-refractivity contribution is 7.99.